The van der Waals surface area contributed by atoms with Crippen LogP contribution in [0.25, 0.3) is 10.8 Å². The van der Waals surface area contributed by atoms with E-state index in [-0.39, 0.29) is 0 Å². The number of methoxy groups -OCH3 is 1. The van der Waals surface area contributed by atoms with Gasteiger partial charge in [0, 0.05) is 22.9 Å². The predicted molar refractivity (Wildman–Crippen MR) is 81.8 cm³/mol. The maximum atomic E-state index is 5.28. The molecule has 96 valence electrons. The van der Waals surface area contributed by atoms with Crippen LogP contribution in [0.3, 0.4) is 0 Å². The largest absolute Gasteiger partial charge is 0.497 e. The molecule has 0 saturated heterocycles. The fraction of sp³-hybridized carbons (Fsp3) is 0.333. The Morgan fingerprint density at radius 3 is 2.44 bits per heavy atom. The van der Waals surface area contributed by atoms with Crippen LogP contribution in [0.5, 0.6) is 5.75 Å². The fourth-order valence-corrected chi connectivity index (χ4v) is 2.85. The van der Waals surface area contributed by atoms with Gasteiger partial charge in [-0.15, -0.1) is 0 Å². The monoisotopic (exact) mass is 307 g/mol. The lowest BCUT2D eigenvalue weighted by Crippen LogP contribution is -2.22. The number of hydrogen-bond acceptors (Lipinski definition) is 2. The minimum absolute atomic E-state index is 0.898. The van der Waals surface area contributed by atoms with E-state index in [0.29, 0.717) is 0 Å². The van der Waals surface area contributed by atoms with E-state index < -0.39 is 0 Å². The number of benzene rings is 2. The van der Waals surface area contributed by atoms with E-state index in [1.54, 1.807) is 7.11 Å². The second-order valence-corrected chi connectivity index (χ2v) is 5.01. The number of hydrogen-bond donors (Lipinski definition) is 0. The van der Waals surface area contributed by atoms with Crippen LogP contribution in [0, 0.1) is 0 Å². The van der Waals surface area contributed by atoms with Crippen LogP contribution in [-0.2, 0) is 0 Å². The molecule has 0 spiro atoms. The molecule has 0 aliphatic rings. The third kappa shape index (κ3) is 2.32. The van der Waals surface area contributed by atoms with Gasteiger partial charge in [-0.2, -0.15) is 0 Å². The second-order valence-electron chi connectivity index (χ2n) is 4.16. The zero-order chi connectivity index (χ0) is 13.1. The minimum atomic E-state index is 0.898. The lowest BCUT2D eigenvalue weighted by molar-refractivity contribution is 0.415. The van der Waals surface area contributed by atoms with Crippen molar-refractivity contribution >= 4 is 32.4 Å². The van der Waals surface area contributed by atoms with Crippen molar-refractivity contribution in [3.8, 4) is 5.75 Å². The summed E-state index contributed by atoms with van der Waals surface area (Å²) in [6.07, 6.45) is 0. The molecule has 2 nitrogen and oxygen atoms in total. The minimum Gasteiger partial charge on any atom is -0.497 e. The van der Waals surface area contributed by atoms with Crippen molar-refractivity contribution < 1.29 is 4.74 Å². The van der Waals surface area contributed by atoms with Crippen molar-refractivity contribution in [1.82, 2.24) is 0 Å². The number of ether oxygens (including phenoxy) is 1. The molecule has 3 heteroatoms. The lowest BCUT2D eigenvalue weighted by atomic mass is 10.1. The van der Waals surface area contributed by atoms with Gasteiger partial charge >= 0.3 is 0 Å². The maximum Gasteiger partial charge on any atom is 0.119 e. The molecule has 0 aliphatic heterocycles. The Morgan fingerprint density at radius 1 is 1.11 bits per heavy atom. The molecule has 0 unspecified atom stereocenters. The van der Waals surface area contributed by atoms with E-state index in [1.807, 2.05) is 6.07 Å². The van der Waals surface area contributed by atoms with Crippen LogP contribution in [0.15, 0.2) is 34.8 Å². The predicted octanol–water partition coefficient (Wildman–Crippen LogP) is 4.46. The van der Waals surface area contributed by atoms with Gasteiger partial charge in [0.1, 0.15) is 5.75 Å². The van der Waals surface area contributed by atoms with E-state index in [1.165, 1.54) is 16.5 Å². The molecule has 0 atom stereocenters. The average Bonchev–Trinajstić information content (AvgIpc) is 2.41. The van der Waals surface area contributed by atoms with E-state index in [4.69, 9.17) is 4.74 Å². The topological polar surface area (TPSA) is 12.5 Å². The first-order chi connectivity index (χ1) is 8.71. The summed E-state index contributed by atoms with van der Waals surface area (Å²) in [4.78, 5) is 2.36. The van der Waals surface area contributed by atoms with Crippen LogP contribution in [0.4, 0.5) is 5.69 Å². The summed E-state index contributed by atoms with van der Waals surface area (Å²) in [5.74, 6) is 0.898. The Kier molecular flexibility index (Phi) is 4.12. The smallest absolute Gasteiger partial charge is 0.119 e. The third-order valence-electron chi connectivity index (χ3n) is 3.23. The molecular formula is C15H18BrNO. The van der Waals surface area contributed by atoms with Crippen molar-refractivity contribution in [2.45, 2.75) is 13.8 Å². The van der Waals surface area contributed by atoms with Gasteiger partial charge in [-0.3, -0.25) is 0 Å². The quantitative estimate of drug-likeness (QED) is 0.827. The van der Waals surface area contributed by atoms with Gasteiger partial charge in [0.2, 0.25) is 0 Å². The number of rotatable bonds is 4. The highest BCUT2D eigenvalue weighted by Crippen LogP contribution is 2.35. The molecule has 2 rings (SSSR count). The SMILES string of the molecule is CCN(CC)c1c(Br)ccc2cc(OC)ccc12. The van der Waals surface area contributed by atoms with Crippen molar-refractivity contribution in [1.29, 1.82) is 0 Å². The summed E-state index contributed by atoms with van der Waals surface area (Å²) >= 11 is 3.66. The van der Waals surface area contributed by atoms with Crippen molar-refractivity contribution in [2.75, 3.05) is 25.1 Å². The second kappa shape index (κ2) is 5.61. The Labute approximate surface area is 117 Å². The van der Waals surface area contributed by atoms with Crippen LogP contribution in [0.2, 0.25) is 0 Å². The van der Waals surface area contributed by atoms with Crippen molar-refractivity contribution in [2.24, 2.45) is 0 Å². The number of anilines is 1. The first-order valence-corrected chi connectivity index (χ1v) is 7.01. The maximum absolute atomic E-state index is 5.28. The van der Waals surface area contributed by atoms with E-state index in [0.717, 1.165) is 23.3 Å². The number of fused-ring (bicyclic) bond motifs is 1. The summed E-state index contributed by atoms with van der Waals surface area (Å²) in [6, 6.07) is 10.5. The molecule has 18 heavy (non-hydrogen) atoms. The van der Waals surface area contributed by atoms with Gasteiger partial charge in [0.25, 0.3) is 0 Å². The summed E-state index contributed by atoms with van der Waals surface area (Å²) < 4.78 is 6.42. The van der Waals surface area contributed by atoms with Gasteiger partial charge < -0.3 is 9.64 Å². The molecule has 2 aromatic carbocycles. The summed E-state index contributed by atoms with van der Waals surface area (Å²) in [7, 11) is 1.70. The van der Waals surface area contributed by atoms with Gasteiger partial charge in [-0.25, -0.2) is 0 Å². The van der Waals surface area contributed by atoms with Crippen LogP contribution in [0.1, 0.15) is 13.8 Å². The van der Waals surface area contributed by atoms with Crippen LogP contribution in [-0.4, -0.2) is 20.2 Å². The number of nitrogens with zero attached hydrogens (tertiary/aromatic N) is 1. The molecule has 0 bridgehead atoms. The number of halogens is 1. The Bertz CT molecular complexity index is 549. The molecule has 0 radical (unpaired) electrons. The molecule has 0 heterocycles. The Morgan fingerprint density at radius 2 is 1.83 bits per heavy atom. The molecule has 0 amide bonds. The normalized spacial score (nSPS) is 10.7. The summed E-state index contributed by atoms with van der Waals surface area (Å²) in [6.45, 7) is 6.36. The standard InChI is InChI=1S/C15H18BrNO/c1-4-17(5-2)15-13-8-7-12(18-3)10-11(13)6-9-14(15)16/h6-10H,4-5H2,1-3H3. The molecule has 0 N–H and O–H groups in total. The zero-order valence-corrected chi connectivity index (χ0v) is 12.6. The zero-order valence-electron chi connectivity index (χ0n) is 11.0. The van der Waals surface area contributed by atoms with Gasteiger partial charge in [-0.1, -0.05) is 6.07 Å². The molecule has 0 fully saturated rings. The van der Waals surface area contributed by atoms with Crippen molar-refractivity contribution in [3.05, 3.63) is 34.8 Å². The highest BCUT2D eigenvalue weighted by Gasteiger charge is 2.11. The first-order valence-electron chi connectivity index (χ1n) is 6.22. The summed E-state index contributed by atoms with van der Waals surface area (Å²) in [5, 5.41) is 2.47. The van der Waals surface area contributed by atoms with Gasteiger partial charge in [0.15, 0.2) is 0 Å². The first kappa shape index (κ1) is 13.2. The molecule has 0 aromatic heterocycles. The Balaban J connectivity index is 2.66. The van der Waals surface area contributed by atoms with Crippen LogP contribution >= 0.6 is 15.9 Å². The lowest BCUT2D eigenvalue weighted by Gasteiger charge is -2.24. The highest BCUT2D eigenvalue weighted by molar-refractivity contribution is 9.10. The van der Waals surface area contributed by atoms with Crippen molar-refractivity contribution in [3.63, 3.8) is 0 Å². The molecule has 0 saturated carbocycles. The molecular weight excluding hydrogens is 290 g/mol. The van der Waals surface area contributed by atoms with Crippen LogP contribution < -0.4 is 9.64 Å². The third-order valence-corrected chi connectivity index (χ3v) is 3.87. The van der Waals surface area contributed by atoms with E-state index in [9.17, 15) is 0 Å². The summed E-state index contributed by atoms with van der Waals surface area (Å²) in [5.41, 5.74) is 1.26. The molecule has 0 aliphatic carbocycles. The van der Waals surface area contributed by atoms with E-state index >= 15 is 0 Å². The fourth-order valence-electron chi connectivity index (χ4n) is 2.25. The highest BCUT2D eigenvalue weighted by atomic mass is 79.9. The van der Waals surface area contributed by atoms with E-state index in [2.05, 4.69) is 58.9 Å². The van der Waals surface area contributed by atoms with Gasteiger partial charge in [0.05, 0.1) is 12.8 Å². The van der Waals surface area contributed by atoms with Gasteiger partial charge in [-0.05, 0) is 59.4 Å². The Hall–Kier alpha value is -1.22. The molecule has 2 aromatic rings. The average molecular weight is 308 g/mol.